The summed E-state index contributed by atoms with van der Waals surface area (Å²) in [4.78, 5) is 18.7. The van der Waals surface area contributed by atoms with Crippen molar-refractivity contribution >= 4 is 11.6 Å². The van der Waals surface area contributed by atoms with Gasteiger partial charge in [0.25, 0.3) is 5.91 Å². The van der Waals surface area contributed by atoms with Gasteiger partial charge in [0.2, 0.25) is 0 Å². The molecule has 5 nitrogen and oxygen atoms in total. The van der Waals surface area contributed by atoms with Crippen LogP contribution >= 0.6 is 0 Å². The van der Waals surface area contributed by atoms with E-state index in [0.717, 1.165) is 11.4 Å². The molecule has 0 bridgehead atoms. The van der Waals surface area contributed by atoms with Crippen LogP contribution in [0.3, 0.4) is 0 Å². The first-order valence-corrected chi connectivity index (χ1v) is 5.75. The highest BCUT2D eigenvalue weighted by molar-refractivity contribution is 6.02. The van der Waals surface area contributed by atoms with Gasteiger partial charge in [0.15, 0.2) is 0 Å². The molecule has 0 saturated heterocycles. The van der Waals surface area contributed by atoms with Gasteiger partial charge in [0.1, 0.15) is 17.3 Å². The molecule has 0 unspecified atom stereocenters. The summed E-state index contributed by atoms with van der Waals surface area (Å²) in [6.07, 6.45) is 1.51. The van der Waals surface area contributed by atoms with E-state index >= 15 is 0 Å². The fourth-order valence-corrected chi connectivity index (χ4v) is 1.54. The van der Waals surface area contributed by atoms with Crippen molar-refractivity contribution in [2.24, 2.45) is 0 Å². The van der Waals surface area contributed by atoms with Crippen LogP contribution in [-0.4, -0.2) is 22.5 Å². The highest BCUT2D eigenvalue weighted by Gasteiger charge is 2.08. The van der Waals surface area contributed by atoms with Gasteiger partial charge in [-0.15, -0.1) is 0 Å². The molecule has 0 aliphatic rings. The predicted molar refractivity (Wildman–Crippen MR) is 68.9 cm³/mol. The molecule has 0 aliphatic carbocycles. The van der Waals surface area contributed by atoms with E-state index in [2.05, 4.69) is 15.3 Å². The van der Waals surface area contributed by atoms with Gasteiger partial charge in [-0.25, -0.2) is 4.98 Å². The number of amides is 1. The third-order valence-corrected chi connectivity index (χ3v) is 2.37. The molecule has 1 heterocycles. The highest BCUT2D eigenvalue weighted by Crippen LogP contribution is 2.16. The van der Waals surface area contributed by atoms with Crippen molar-refractivity contribution in [3.63, 3.8) is 0 Å². The third kappa shape index (κ3) is 2.88. The number of benzene rings is 1. The van der Waals surface area contributed by atoms with Gasteiger partial charge in [-0.2, -0.15) is 0 Å². The number of nitrogens with zero attached hydrogens (tertiary/aromatic N) is 1. The quantitative estimate of drug-likeness (QED) is 0.869. The van der Waals surface area contributed by atoms with Crippen LogP contribution < -0.4 is 10.1 Å². The van der Waals surface area contributed by atoms with Crippen molar-refractivity contribution in [2.45, 2.75) is 13.8 Å². The molecule has 18 heavy (non-hydrogen) atoms. The van der Waals surface area contributed by atoms with Crippen molar-refractivity contribution in [2.75, 3.05) is 11.9 Å². The topological polar surface area (TPSA) is 67.0 Å². The highest BCUT2D eigenvalue weighted by atomic mass is 16.5. The lowest BCUT2D eigenvalue weighted by Gasteiger charge is -2.06. The number of rotatable bonds is 4. The van der Waals surface area contributed by atoms with E-state index in [1.165, 1.54) is 6.20 Å². The number of H-pyrrole nitrogens is 1. The zero-order valence-electron chi connectivity index (χ0n) is 10.4. The summed E-state index contributed by atoms with van der Waals surface area (Å²) < 4.78 is 5.32. The van der Waals surface area contributed by atoms with Crippen LogP contribution in [0.15, 0.2) is 30.5 Å². The molecule has 5 heteroatoms. The largest absolute Gasteiger partial charge is 0.494 e. The summed E-state index contributed by atoms with van der Waals surface area (Å²) in [5, 5.41) is 2.78. The maximum Gasteiger partial charge on any atom is 0.273 e. The normalized spacial score (nSPS) is 10.1. The molecule has 94 valence electrons. The Morgan fingerprint density at radius 3 is 2.67 bits per heavy atom. The summed E-state index contributed by atoms with van der Waals surface area (Å²) in [6, 6.07) is 7.23. The molecule has 0 saturated carbocycles. The second-order valence-electron chi connectivity index (χ2n) is 3.79. The van der Waals surface area contributed by atoms with Crippen molar-refractivity contribution in [1.29, 1.82) is 0 Å². The summed E-state index contributed by atoms with van der Waals surface area (Å²) in [7, 11) is 0. The van der Waals surface area contributed by atoms with Crippen molar-refractivity contribution in [1.82, 2.24) is 9.97 Å². The number of anilines is 1. The fourth-order valence-electron chi connectivity index (χ4n) is 1.54. The first-order valence-electron chi connectivity index (χ1n) is 5.75. The van der Waals surface area contributed by atoms with Gasteiger partial charge in [-0.1, -0.05) is 0 Å². The van der Waals surface area contributed by atoms with E-state index in [1.54, 1.807) is 19.1 Å². The molecule has 0 spiro atoms. The van der Waals surface area contributed by atoms with Crippen molar-refractivity contribution in [3.8, 4) is 5.75 Å². The summed E-state index contributed by atoms with van der Waals surface area (Å²) in [5.41, 5.74) is 1.16. The standard InChI is InChI=1S/C13H15N3O2/c1-3-18-11-6-4-10(5-7-11)16-13(17)12-8-14-9(2)15-12/h4-8H,3H2,1-2H3,(H,14,15)(H,16,17). The van der Waals surface area contributed by atoms with Crippen LogP contribution in [0.4, 0.5) is 5.69 Å². The molecule has 2 rings (SSSR count). The zero-order chi connectivity index (χ0) is 13.0. The Bertz CT molecular complexity index is 531. The zero-order valence-corrected chi connectivity index (χ0v) is 10.4. The van der Waals surface area contributed by atoms with Crippen LogP contribution in [-0.2, 0) is 0 Å². The van der Waals surface area contributed by atoms with Gasteiger partial charge >= 0.3 is 0 Å². The van der Waals surface area contributed by atoms with E-state index in [9.17, 15) is 4.79 Å². The minimum absolute atomic E-state index is 0.209. The number of hydrogen-bond donors (Lipinski definition) is 2. The number of hydrogen-bond acceptors (Lipinski definition) is 3. The van der Waals surface area contributed by atoms with E-state index in [1.807, 2.05) is 19.1 Å². The Hall–Kier alpha value is -2.30. The molecule has 2 N–H and O–H groups in total. The maximum atomic E-state index is 11.8. The molecular formula is C13H15N3O2. The second kappa shape index (κ2) is 5.35. The molecule has 0 fully saturated rings. The van der Waals surface area contributed by atoms with Gasteiger partial charge in [-0.05, 0) is 38.1 Å². The SMILES string of the molecule is CCOc1ccc(NC(=O)c2cnc(C)[nH]2)cc1. The molecule has 0 radical (unpaired) electrons. The summed E-state index contributed by atoms with van der Waals surface area (Å²) in [6.45, 7) is 4.35. The van der Waals surface area contributed by atoms with Gasteiger partial charge in [-0.3, -0.25) is 4.79 Å². The van der Waals surface area contributed by atoms with E-state index in [0.29, 0.717) is 18.1 Å². The third-order valence-electron chi connectivity index (χ3n) is 2.37. The summed E-state index contributed by atoms with van der Waals surface area (Å²) in [5.74, 6) is 1.29. The van der Waals surface area contributed by atoms with Crippen LogP contribution in [0.25, 0.3) is 0 Å². The van der Waals surface area contributed by atoms with E-state index in [4.69, 9.17) is 4.74 Å². The molecule has 0 atom stereocenters. The molecule has 1 aromatic carbocycles. The lowest BCUT2D eigenvalue weighted by molar-refractivity contribution is 0.102. The smallest absolute Gasteiger partial charge is 0.273 e. The number of aromatic amines is 1. The second-order valence-corrected chi connectivity index (χ2v) is 3.79. The van der Waals surface area contributed by atoms with Crippen LogP contribution in [0.5, 0.6) is 5.75 Å². The van der Waals surface area contributed by atoms with Crippen LogP contribution in [0.1, 0.15) is 23.2 Å². The Morgan fingerprint density at radius 1 is 1.39 bits per heavy atom. The molecule has 1 aromatic heterocycles. The number of carbonyl (C=O) groups is 1. The van der Waals surface area contributed by atoms with E-state index in [-0.39, 0.29) is 5.91 Å². The molecule has 1 amide bonds. The van der Waals surface area contributed by atoms with Gasteiger partial charge in [0.05, 0.1) is 12.8 Å². The van der Waals surface area contributed by atoms with Crippen molar-refractivity contribution in [3.05, 3.63) is 42.0 Å². The number of aryl methyl sites for hydroxylation is 1. The molecule has 2 aromatic rings. The predicted octanol–water partition coefficient (Wildman–Crippen LogP) is 2.37. The molecular weight excluding hydrogens is 230 g/mol. The number of nitrogens with one attached hydrogen (secondary N) is 2. The minimum atomic E-state index is -0.209. The first-order chi connectivity index (χ1) is 8.69. The first kappa shape index (κ1) is 12.2. The number of carbonyl (C=O) groups excluding carboxylic acids is 1. The Labute approximate surface area is 105 Å². The Morgan fingerprint density at radius 2 is 2.11 bits per heavy atom. The van der Waals surface area contributed by atoms with Gasteiger partial charge in [0, 0.05) is 5.69 Å². The average molecular weight is 245 g/mol. The van der Waals surface area contributed by atoms with Gasteiger partial charge < -0.3 is 15.0 Å². The van der Waals surface area contributed by atoms with Crippen LogP contribution in [0.2, 0.25) is 0 Å². The fraction of sp³-hybridized carbons (Fsp3) is 0.231. The van der Waals surface area contributed by atoms with Crippen molar-refractivity contribution < 1.29 is 9.53 Å². The Balaban J connectivity index is 2.03. The minimum Gasteiger partial charge on any atom is -0.494 e. The van der Waals surface area contributed by atoms with E-state index < -0.39 is 0 Å². The summed E-state index contributed by atoms with van der Waals surface area (Å²) >= 11 is 0. The average Bonchev–Trinajstić information content (AvgIpc) is 2.79. The molecule has 0 aliphatic heterocycles. The number of imidazole rings is 1. The monoisotopic (exact) mass is 245 g/mol. The lowest BCUT2D eigenvalue weighted by atomic mass is 10.3. The lowest BCUT2D eigenvalue weighted by Crippen LogP contribution is -2.12. The maximum absolute atomic E-state index is 11.8. The Kier molecular flexibility index (Phi) is 3.62. The number of ether oxygens (including phenoxy) is 1. The van der Waals surface area contributed by atoms with Crippen LogP contribution in [0, 0.1) is 6.92 Å². The number of aromatic nitrogens is 2.